The Morgan fingerprint density at radius 1 is 0.571 bits per heavy atom. The van der Waals surface area contributed by atoms with Gasteiger partial charge >= 0.3 is 0 Å². The lowest BCUT2D eigenvalue weighted by Gasteiger charge is -2.00. The molecule has 0 unspecified atom stereocenters. The lowest BCUT2D eigenvalue weighted by Crippen LogP contribution is -1.77. The molecule has 0 heterocycles. The fourth-order valence-corrected chi connectivity index (χ4v) is 2.17. The lowest BCUT2D eigenvalue weighted by atomic mass is 10.0. The van der Waals surface area contributed by atoms with Crippen LogP contribution in [0.25, 0.3) is 22.9 Å². The van der Waals surface area contributed by atoms with Gasteiger partial charge in [-0.2, -0.15) is 17.6 Å². The molecule has 0 aliphatic rings. The number of halogens is 4. The van der Waals surface area contributed by atoms with E-state index in [4.69, 9.17) is 0 Å². The van der Waals surface area contributed by atoms with Crippen molar-refractivity contribution < 1.29 is 17.6 Å². The van der Waals surface area contributed by atoms with Crippen molar-refractivity contribution in [2.75, 3.05) is 0 Å². The van der Waals surface area contributed by atoms with Gasteiger partial charge in [-0.25, -0.2) is 0 Å². The summed E-state index contributed by atoms with van der Waals surface area (Å²) in [5.74, 6) is 0. The number of hydrogen-bond acceptors (Lipinski definition) is 0. The molecule has 0 atom stereocenters. The van der Waals surface area contributed by atoms with Crippen LogP contribution in [0.3, 0.4) is 0 Å². The fraction of sp³-hybridized carbons (Fsp3) is 0.167. The summed E-state index contributed by atoms with van der Waals surface area (Å²) in [6.07, 6.45) is -1.60. The minimum Gasteiger partial charge on any atom is -0.173 e. The van der Waals surface area contributed by atoms with E-state index in [9.17, 15) is 17.6 Å². The van der Waals surface area contributed by atoms with Crippen LogP contribution in [-0.4, -0.2) is 0 Å². The van der Waals surface area contributed by atoms with E-state index in [1.807, 2.05) is 58.0 Å². The smallest absolute Gasteiger partial charge is 0.173 e. The van der Waals surface area contributed by atoms with Crippen LogP contribution in [0.2, 0.25) is 0 Å². The molecule has 0 nitrogen and oxygen atoms in total. The average Bonchev–Trinajstić information content (AvgIpc) is 2.72. The van der Waals surface area contributed by atoms with Crippen LogP contribution in [0.4, 0.5) is 17.6 Å². The van der Waals surface area contributed by atoms with Crippen molar-refractivity contribution in [1.29, 1.82) is 0 Å². The van der Waals surface area contributed by atoms with Gasteiger partial charge in [0.05, 0.1) is 0 Å². The average molecular weight is 390 g/mol. The summed E-state index contributed by atoms with van der Waals surface area (Å²) in [7, 11) is 0. The minimum atomic E-state index is -1.67. The van der Waals surface area contributed by atoms with Gasteiger partial charge in [0.2, 0.25) is 0 Å². The predicted molar refractivity (Wildman–Crippen MR) is 113 cm³/mol. The number of rotatable bonds is 2. The maximum Gasteiger partial charge on any atom is 0.270 e. The molecule has 0 radical (unpaired) electrons. The Morgan fingerprint density at radius 2 is 1.07 bits per heavy atom. The third-order valence-corrected chi connectivity index (χ3v) is 3.16. The SMILES string of the molecule is CC.CC.FC(F)=Cc1cccc2ccccc12.FC(F)=Cc1ccccc1. The molecule has 0 amide bonds. The molecule has 0 N–H and O–H groups in total. The third-order valence-electron chi connectivity index (χ3n) is 3.16. The molecular formula is C24H26F4. The van der Waals surface area contributed by atoms with Gasteiger partial charge in [-0.3, -0.25) is 0 Å². The van der Waals surface area contributed by atoms with Crippen LogP contribution in [0.15, 0.2) is 85.0 Å². The van der Waals surface area contributed by atoms with Crippen LogP contribution < -0.4 is 0 Å². The third kappa shape index (κ3) is 9.72. The summed E-state index contributed by atoms with van der Waals surface area (Å²) in [5, 5.41) is 1.82. The highest BCUT2D eigenvalue weighted by atomic mass is 19.3. The molecule has 0 aromatic heterocycles. The van der Waals surface area contributed by atoms with E-state index in [-0.39, 0.29) is 0 Å². The fourth-order valence-electron chi connectivity index (χ4n) is 2.17. The van der Waals surface area contributed by atoms with Crippen LogP contribution in [-0.2, 0) is 0 Å². The van der Waals surface area contributed by atoms with Crippen molar-refractivity contribution in [3.8, 4) is 0 Å². The second kappa shape index (κ2) is 15.2. The molecule has 0 spiro atoms. The molecule has 28 heavy (non-hydrogen) atoms. The molecule has 150 valence electrons. The first-order valence-corrected chi connectivity index (χ1v) is 9.14. The predicted octanol–water partition coefficient (Wildman–Crippen LogP) is 9.05. The molecule has 4 heteroatoms. The highest BCUT2D eigenvalue weighted by Gasteiger charge is 1.98. The number of fused-ring (bicyclic) bond motifs is 1. The zero-order valence-electron chi connectivity index (χ0n) is 16.6. The van der Waals surface area contributed by atoms with E-state index in [0.29, 0.717) is 11.1 Å². The monoisotopic (exact) mass is 390 g/mol. The van der Waals surface area contributed by atoms with E-state index >= 15 is 0 Å². The van der Waals surface area contributed by atoms with Crippen molar-refractivity contribution in [2.45, 2.75) is 27.7 Å². The van der Waals surface area contributed by atoms with E-state index in [0.717, 1.165) is 22.9 Å². The van der Waals surface area contributed by atoms with Gasteiger partial charge < -0.3 is 0 Å². The van der Waals surface area contributed by atoms with Crippen molar-refractivity contribution in [1.82, 2.24) is 0 Å². The Labute approximate surface area is 164 Å². The Bertz CT molecular complexity index is 839. The second-order valence-electron chi connectivity index (χ2n) is 4.85. The lowest BCUT2D eigenvalue weighted by molar-refractivity contribution is 0.428. The van der Waals surface area contributed by atoms with Crippen LogP contribution >= 0.6 is 0 Å². The minimum absolute atomic E-state index is 0.530. The highest BCUT2D eigenvalue weighted by Crippen LogP contribution is 2.21. The summed E-state index contributed by atoms with van der Waals surface area (Å²) in [4.78, 5) is 0. The highest BCUT2D eigenvalue weighted by molar-refractivity contribution is 5.90. The van der Waals surface area contributed by atoms with E-state index in [2.05, 4.69) is 0 Å². The topological polar surface area (TPSA) is 0 Å². The van der Waals surface area contributed by atoms with Crippen molar-refractivity contribution in [2.24, 2.45) is 0 Å². The molecule has 3 aromatic rings. The normalized spacial score (nSPS) is 8.71. The van der Waals surface area contributed by atoms with Gasteiger partial charge in [0.1, 0.15) is 0 Å². The molecule has 0 saturated heterocycles. The molecule has 0 fully saturated rings. The van der Waals surface area contributed by atoms with Gasteiger partial charge in [-0.05, 0) is 21.9 Å². The Morgan fingerprint density at radius 3 is 1.64 bits per heavy atom. The largest absolute Gasteiger partial charge is 0.270 e. The maximum atomic E-state index is 12.1. The van der Waals surface area contributed by atoms with Crippen LogP contribution in [0.1, 0.15) is 38.8 Å². The van der Waals surface area contributed by atoms with Crippen LogP contribution in [0.5, 0.6) is 0 Å². The first-order chi connectivity index (χ1) is 13.6. The molecule has 3 aromatic carbocycles. The van der Waals surface area contributed by atoms with Gasteiger partial charge in [-0.1, -0.05) is 100 Å². The van der Waals surface area contributed by atoms with E-state index in [1.165, 1.54) is 0 Å². The Kier molecular flexibility index (Phi) is 13.6. The van der Waals surface area contributed by atoms with Gasteiger partial charge in [0.25, 0.3) is 12.2 Å². The van der Waals surface area contributed by atoms with E-state index < -0.39 is 12.2 Å². The van der Waals surface area contributed by atoms with E-state index in [1.54, 1.807) is 42.5 Å². The molecule has 0 aliphatic heterocycles. The summed E-state index contributed by atoms with van der Waals surface area (Å²) < 4.78 is 47.4. The maximum absolute atomic E-state index is 12.1. The van der Waals surface area contributed by atoms with Crippen molar-refractivity contribution >= 4 is 22.9 Å². The van der Waals surface area contributed by atoms with Gasteiger partial charge in [0.15, 0.2) is 0 Å². The number of benzene rings is 3. The first kappa shape index (κ1) is 25.1. The summed E-state index contributed by atoms with van der Waals surface area (Å²) in [6.45, 7) is 8.00. The van der Waals surface area contributed by atoms with Crippen molar-refractivity contribution in [3.63, 3.8) is 0 Å². The number of hydrogen-bond donors (Lipinski definition) is 0. The molecular weight excluding hydrogens is 364 g/mol. The zero-order chi connectivity index (χ0) is 21.4. The summed E-state index contributed by atoms with van der Waals surface area (Å²) >= 11 is 0. The second-order valence-corrected chi connectivity index (χ2v) is 4.85. The van der Waals surface area contributed by atoms with Gasteiger partial charge in [0, 0.05) is 12.2 Å². The summed E-state index contributed by atoms with van der Waals surface area (Å²) in [6, 6.07) is 21.3. The summed E-state index contributed by atoms with van der Waals surface area (Å²) in [5.41, 5.74) is 1.09. The first-order valence-electron chi connectivity index (χ1n) is 9.14. The molecule has 0 saturated carbocycles. The molecule has 0 bridgehead atoms. The molecule has 0 aliphatic carbocycles. The molecule has 3 rings (SSSR count). The standard InChI is InChI=1S/C12H8F2.C8H6F2.2C2H6/c13-12(14)8-10-6-3-5-9-4-1-2-7-11(9)10;9-8(10)6-7-4-2-1-3-5-7;2*1-2/h1-8H;1-6H;2*1-2H3. The quantitative estimate of drug-likeness (QED) is 0.383. The Balaban J connectivity index is 0.000000460. The Hall–Kier alpha value is -2.88. The van der Waals surface area contributed by atoms with Crippen LogP contribution in [0, 0.1) is 0 Å². The van der Waals surface area contributed by atoms with Gasteiger partial charge in [-0.15, -0.1) is 0 Å². The zero-order valence-corrected chi connectivity index (χ0v) is 16.6. The van der Waals surface area contributed by atoms with Crippen molar-refractivity contribution in [3.05, 3.63) is 96.1 Å².